The van der Waals surface area contributed by atoms with Crippen LogP contribution < -0.4 is 0 Å². The third-order valence-corrected chi connectivity index (χ3v) is 12.8. The second-order valence-electron chi connectivity index (χ2n) is 18.7. The van der Waals surface area contributed by atoms with Gasteiger partial charge < -0.3 is 64.2 Å². The second-order valence-corrected chi connectivity index (χ2v) is 18.7. The summed E-state index contributed by atoms with van der Waals surface area (Å²) in [6.45, 7) is 2.52. The largest absolute Gasteiger partial charge is 0.462 e. The SMILES string of the molecule is CCCCCCCCCCCCCCCCCCCCCCCCCCC(=O)OC(COC(=O)CCCCCCC)COC1OC(COC2OC(CO)C(O)C(O)C2O)C(O)C(O)C1O. The fraction of sp³-hybridized carbons (Fsp3) is 0.960. The minimum Gasteiger partial charge on any atom is -0.462 e. The Labute approximate surface area is 391 Å². The van der Waals surface area contributed by atoms with Crippen molar-refractivity contribution < 1.29 is 73.8 Å². The fourth-order valence-corrected chi connectivity index (χ4v) is 8.51. The van der Waals surface area contributed by atoms with E-state index >= 15 is 0 Å². The molecule has 11 atom stereocenters. The van der Waals surface area contributed by atoms with Crippen LogP contribution in [0.1, 0.15) is 213 Å². The Morgan fingerprint density at radius 1 is 0.431 bits per heavy atom. The monoisotopic (exact) mass is 935 g/mol. The Bertz CT molecular complexity index is 1150. The standard InChI is InChI=1S/C50H94O15/c1-3-5-7-9-10-11-12-13-14-15-16-17-18-19-20-21-22-23-24-25-26-27-29-31-33-42(53)63-38(35-60-41(52)32-30-28-8-6-4-2)36-61-49-48(59)46(57)44(55)40(65-49)37-62-50-47(58)45(56)43(54)39(34-51)64-50/h38-40,43-51,54-59H,3-37H2,1-2H3. The van der Waals surface area contributed by atoms with Crippen LogP contribution in [-0.4, -0.2) is 142 Å². The topological polar surface area (TPSA) is 231 Å². The van der Waals surface area contributed by atoms with Gasteiger partial charge in [0.15, 0.2) is 18.7 Å². The van der Waals surface area contributed by atoms with Crippen molar-refractivity contribution in [2.24, 2.45) is 0 Å². The molecule has 0 spiro atoms. The van der Waals surface area contributed by atoms with Gasteiger partial charge in [0.05, 0.1) is 19.8 Å². The lowest BCUT2D eigenvalue weighted by Gasteiger charge is -2.42. The summed E-state index contributed by atoms with van der Waals surface area (Å²) in [5.41, 5.74) is 0. The molecule has 0 aliphatic carbocycles. The molecule has 2 fully saturated rings. The van der Waals surface area contributed by atoms with Crippen molar-refractivity contribution in [1.82, 2.24) is 0 Å². The summed E-state index contributed by atoms with van der Waals surface area (Å²) in [5.74, 6) is -0.926. The van der Waals surface area contributed by atoms with Crippen molar-refractivity contribution in [3.05, 3.63) is 0 Å². The quantitative estimate of drug-likeness (QED) is 0.0237. The minimum absolute atomic E-state index is 0.173. The summed E-state index contributed by atoms with van der Waals surface area (Å²) >= 11 is 0. The third kappa shape index (κ3) is 26.7. The van der Waals surface area contributed by atoms with E-state index in [9.17, 15) is 45.3 Å². The molecule has 0 bridgehead atoms. The molecule has 0 radical (unpaired) electrons. The molecule has 15 heteroatoms. The smallest absolute Gasteiger partial charge is 0.306 e. The lowest BCUT2D eigenvalue weighted by Crippen LogP contribution is -2.61. The Balaban J connectivity index is 1.66. The van der Waals surface area contributed by atoms with Crippen LogP contribution in [0.5, 0.6) is 0 Å². The van der Waals surface area contributed by atoms with E-state index in [4.69, 9.17) is 28.4 Å². The van der Waals surface area contributed by atoms with Gasteiger partial charge in [0, 0.05) is 12.8 Å². The van der Waals surface area contributed by atoms with Crippen LogP contribution in [0.15, 0.2) is 0 Å². The first-order chi connectivity index (χ1) is 31.5. The molecule has 0 aromatic heterocycles. The van der Waals surface area contributed by atoms with Crippen molar-refractivity contribution in [3.63, 3.8) is 0 Å². The first kappa shape index (κ1) is 59.6. The van der Waals surface area contributed by atoms with Crippen LogP contribution in [0, 0.1) is 0 Å². The van der Waals surface area contributed by atoms with E-state index in [1.807, 2.05) is 0 Å². The Morgan fingerprint density at radius 3 is 1.20 bits per heavy atom. The Morgan fingerprint density at radius 2 is 0.785 bits per heavy atom. The number of esters is 2. The van der Waals surface area contributed by atoms with Crippen molar-refractivity contribution in [1.29, 1.82) is 0 Å². The number of unbranched alkanes of at least 4 members (excludes halogenated alkanes) is 27. The van der Waals surface area contributed by atoms with Gasteiger partial charge in [-0.15, -0.1) is 0 Å². The molecular formula is C50H94O15. The summed E-state index contributed by atoms with van der Waals surface area (Å²) in [7, 11) is 0. The predicted octanol–water partition coefficient (Wildman–Crippen LogP) is 7.22. The summed E-state index contributed by atoms with van der Waals surface area (Å²) < 4.78 is 33.4. The molecule has 2 aliphatic rings. The van der Waals surface area contributed by atoms with Gasteiger partial charge in [-0.3, -0.25) is 9.59 Å². The van der Waals surface area contributed by atoms with Gasteiger partial charge in [-0.05, 0) is 12.8 Å². The molecule has 7 N–H and O–H groups in total. The molecule has 0 aromatic carbocycles. The van der Waals surface area contributed by atoms with E-state index in [1.54, 1.807) is 0 Å². The Hall–Kier alpha value is -1.50. The summed E-state index contributed by atoms with van der Waals surface area (Å²) in [6, 6.07) is 0. The third-order valence-electron chi connectivity index (χ3n) is 12.8. The maximum absolute atomic E-state index is 12.9. The zero-order valence-electron chi connectivity index (χ0n) is 40.5. The first-order valence-electron chi connectivity index (χ1n) is 26.1. The highest BCUT2D eigenvalue weighted by Crippen LogP contribution is 2.27. The van der Waals surface area contributed by atoms with Crippen LogP contribution in [0.3, 0.4) is 0 Å². The van der Waals surface area contributed by atoms with Crippen molar-refractivity contribution >= 4 is 11.9 Å². The van der Waals surface area contributed by atoms with Gasteiger partial charge in [-0.1, -0.05) is 187 Å². The highest BCUT2D eigenvalue weighted by Gasteiger charge is 2.47. The van der Waals surface area contributed by atoms with Gasteiger partial charge in [0.25, 0.3) is 0 Å². The number of hydrogen-bond acceptors (Lipinski definition) is 15. The fourth-order valence-electron chi connectivity index (χ4n) is 8.51. The van der Waals surface area contributed by atoms with E-state index in [1.165, 1.54) is 128 Å². The van der Waals surface area contributed by atoms with Gasteiger partial charge in [0.2, 0.25) is 0 Å². The highest BCUT2D eigenvalue weighted by atomic mass is 16.7. The molecule has 15 nitrogen and oxygen atoms in total. The average molecular weight is 935 g/mol. The van der Waals surface area contributed by atoms with E-state index in [0.29, 0.717) is 12.8 Å². The van der Waals surface area contributed by atoms with E-state index < -0.39 is 92.7 Å². The lowest BCUT2D eigenvalue weighted by atomic mass is 9.98. The molecule has 2 aliphatic heterocycles. The number of rotatable bonds is 41. The van der Waals surface area contributed by atoms with Crippen LogP contribution >= 0.6 is 0 Å². The van der Waals surface area contributed by atoms with Crippen LogP contribution in [0.4, 0.5) is 0 Å². The van der Waals surface area contributed by atoms with Gasteiger partial charge in [-0.2, -0.15) is 0 Å². The molecular weight excluding hydrogens is 841 g/mol. The first-order valence-corrected chi connectivity index (χ1v) is 26.1. The van der Waals surface area contributed by atoms with Crippen molar-refractivity contribution in [2.45, 2.75) is 280 Å². The van der Waals surface area contributed by atoms with Crippen LogP contribution in [-0.2, 0) is 38.0 Å². The molecule has 0 amide bonds. The predicted molar refractivity (Wildman–Crippen MR) is 248 cm³/mol. The number of hydrogen-bond donors (Lipinski definition) is 7. The number of aliphatic hydroxyl groups excluding tert-OH is 7. The molecule has 2 heterocycles. The summed E-state index contributed by atoms with van der Waals surface area (Å²) in [5, 5.41) is 71.8. The zero-order chi connectivity index (χ0) is 47.5. The van der Waals surface area contributed by atoms with Crippen LogP contribution in [0.25, 0.3) is 0 Å². The molecule has 11 unspecified atom stereocenters. The van der Waals surface area contributed by atoms with E-state index in [2.05, 4.69) is 13.8 Å². The molecule has 2 saturated heterocycles. The normalized spacial score (nSPS) is 26.3. The summed E-state index contributed by atoms with van der Waals surface area (Å²) in [4.78, 5) is 25.5. The number of carbonyl (C=O) groups is 2. The van der Waals surface area contributed by atoms with Gasteiger partial charge >= 0.3 is 11.9 Å². The van der Waals surface area contributed by atoms with Gasteiger partial charge in [-0.25, -0.2) is 0 Å². The van der Waals surface area contributed by atoms with Gasteiger partial charge in [0.1, 0.15) is 55.4 Å². The molecule has 65 heavy (non-hydrogen) atoms. The number of ether oxygens (including phenoxy) is 6. The maximum Gasteiger partial charge on any atom is 0.306 e. The molecule has 384 valence electrons. The molecule has 0 saturated carbocycles. The Kier molecular flexibility index (Phi) is 35.2. The van der Waals surface area contributed by atoms with E-state index in [0.717, 1.165) is 44.9 Å². The highest BCUT2D eigenvalue weighted by molar-refractivity contribution is 5.70. The average Bonchev–Trinajstić information content (AvgIpc) is 3.30. The lowest BCUT2D eigenvalue weighted by molar-refractivity contribution is -0.332. The summed E-state index contributed by atoms with van der Waals surface area (Å²) in [6.07, 6.45) is 19.3. The van der Waals surface area contributed by atoms with Crippen molar-refractivity contribution in [2.75, 3.05) is 26.4 Å². The van der Waals surface area contributed by atoms with Crippen LogP contribution in [0.2, 0.25) is 0 Å². The second kappa shape index (κ2) is 38.4. The molecule has 2 rings (SSSR count). The maximum atomic E-state index is 12.9. The number of aliphatic hydroxyl groups is 7. The van der Waals surface area contributed by atoms with Crippen molar-refractivity contribution in [3.8, 4) is 0 Å². The minimum atomic E-state index is -1.76. The number of carbonyl (C=O) groups excluding carboxylic acids is 2. The zero-order valence-corrected chi connectivity index (χ0v) is 40.5. The van der Waals surface area contributed by atoms with E-state index in [-0.39, 0.29) is 26.1 Å². The molecule has 0 aromatic rings.